The van der Waals surface area contributed by atoms with E-state index in [1.807, 2.05) is 13.8 Å². The molecule has 1 aromatic rings. The Morgan fingerprint density at radius 2 is 2.10 bits per heavy atom. The van der Waals surface area contributed by atoms with Crippen LogP contribution in [0.5, 0.6) is 0 Å². The summed E-state index contributed by atoms with van der Waals surface area (Å²) in [6.07, 6.45) is 2.24. The van der Waals surface area contributed by atoms with Crippen molar-refractivity contribution in [3.63, 3.8) is 0 Å². The number of hydrogen-bond donors (Lipinski definition) is 1. The Bertz CT molecular complexity index is 958. The molecule has 0 bridgehead atoms. The fourth-order valence-corrected chi connectivity index (χ4v) is 6.63. The van der Waals surface area contributed by atoms with Crippen molar-refractivity contribution in [2.24, 2.45) is 22.7 Å². The fraction of sp³-hybridized carbons (Fsp3) is 0.591. The second kappa shape index (κ2) is 5.81. The van der Waals surface area contributed by atoms with Crippen LogP contribution in [0.4, 0.5) is 0 Å². The van der Waals surface area contributed by atoms with Crippen molar-refractivity contribution < 1.29 is 33.4 Å². The predicted octanol–water partition coefficient (Wildman–Crippen LogP) is 2.39. The van der Waals surface area contributed by atoms with E-state index in [4.69, 9.17) is 13.9 Å². The third-order valence-corrected chi connectivity index (χ3v) is 7.91. The molecule has 2 fully saturated rings. The fourth-order valence-electron chi connectivity index (χ4n) is 6.63. The van der Waals surface area contributed by atoms with Crippen LogP contribution in [0.25, 0.3) is 0 Å². The lowest BCUT2D eigenvalue weighted by Crippen LogP contribution is -2.60. The van der Waals surface area contributed by atoms with Crippen LogP contribution in [0.2, 0.25) is 0 Å². The molecule has 0 aromatic carbocycles. The highest BCUT2D eigenvalue weighted by atomic mass is 16.5. The van der Waals surface area contributed by atoms with Crippen LogP contribution < -0.4 is 0 Å². The van der Waals surface area contributed by atoms with Crippen LogP contribution in [0, 0.1) is 22.7 Å². The van der Waals surface area contributed by atoms with Crippen LogP contribution in [0.3, 0.4) is 0 Å². The van der Waals surface area contributed by atoms with E-state index in [0.29, 0.717) is 23.3 Å². The molecule has 0 amide bonds. The summed E-state index contributed by atoms with van der Waals surface area (Å²) in [4.78, 5) is 37.6. The topological polar surface area (TPSA) is 103 Å². The molecule has 5 rings (SSSR count). The van der Waals surface area contributed by atoms with Crippen molar-refractivity contribution in [2.45, 2.75) is 51.7 Å². The molecule has 29 heavy (non-hydrogen) atoms. The largest absolute Gasteiger partial charge is 0.468 e. The third kappa shape index (κ3) is 2.25. The lowest BCUT2D eigenvalue weighted by atomic mass is 9.43. The number of rotatable bonds is 1. The van der Waals surface area contributed by atoms with Gasteiger partial charge >= 0.3 is 11.9 Å². The molecule has 7 atom stereocenters. The molecular weight excluding hydrogens is 376 g/mol. The van der Waals surface area contributed by atoms with Gasteiger partial charge in [0.1, 0.15) is 18.5 Å². The van der Waals surface area contributed by atoms with E-state index in [9.17, 15) is 19.5 Å². The molecule has 3 aliphatic carbocycles. The standard InChI is InChI=1S/C22H24O7/c1-10-16(29-11(2)23)8-22-9-28-20(26)13(22)6-14(24)17-18-12(4-5-27-18)15(25)7-21(10,3)19(17)22/h4-6,10,14,16-17,19,24H,7-9H2,1-3H3/t10-,14+,16-,17+,19-,21+,22-/m1/s1. The van der Waals surface area contributed by atoms with Crippen LogP contribution in [-0.4, -0.2) is 41.6 Å². The van der Waals surface area contributed by atoms with Gasteiger partial charge in [0.15, 0.2) is 5.78 Å². The van der Waals surface area contributed by atoms with Gasteiger partial charge in [-0.25, -0.2) is 4.79 Å². The maximum atomic E-state index is 13.2. The van der Waals surface area contributed by atoms with Gasteiger partial charge in [-0.3, -0.25) is 9.59 Å². The average molecular weight is 400 g/mol. The SMILES string of the molecule is CC(=O)O[C@@H]1C[C@@]23COC(=O)C2=C[C@H](O)[C@H]2c4occc4C(=O)C[C@@](C)([C@@H]1C)[C@@H]23. The summed E-state index contributed by atoms with van der Waals surface area (Å²) in [5, 5.41) is 11.1. The van der Waals surface area contributed by atoms with Crippen LogP contribution in [-0.2, 0) is 19.1 Å². The molecule has 1 aromatic heterocycles. The maximum Gasteiger partial charge on any atom is 0.334 e. The van der Waals surface area contributed by atoms with Crippen molar-refractivity contribution in [3.8, 4) is 0 Å². The minimum Gasteiger partial charge on any atom is -0.468 e. The number of Topliss-reactive ketones (excluding diaryl/α,β-unsaturated/α-hetero) is 1. The number of ketones is 1. The van der Waals surface area contributed by atoms with Gasteiger partial charge in [0.05, 0.1) is 23.8 Å². The molecule has 2 heterocycles. The second-order valence-corrected chi connectivity index (χ2v) is 9.25. The van der Waals surface area contributed by atoms with Crippen molar-refractivity contribution in [3.05, 3.63) is 35.3 Å². The molecule has 1 saturated carbocycles. The third-order valence-electron chi connectivity index (χ3n) is 7.91. The van der Waals surface area contributed by atoms with Gasteiger partial charge in [-0.05, 0) is 35.8 Å². The lowest BCUT2D eigenvalue weighted by Gasteiger charge is -2.60. The summed E-state index contributed by atoms with van der Waals surface area (Å²) >= 11 is 0. The van der Waals surface area contributed by atoms with Gasteiger partial charge < -0.3 is 19.0 Å². The average Bonchev–Trinajstić information content (AvgIpc) is 3.22. The minimum atomic E-state index is -0.971. The van der Waals surface area contributed by atoms with Crippen molar-refractivity contribution in [1.29, 1.82) is 0 Å². The maximum absolute atomic E-state index is 13.2. The molecule has 154 valence electrons. The Morgan fingerprint density at radius 1 is 1.34 bits per heavy atom. The van der Waals surface area contributed by atoms with Gasteiger partial charge in [0, 0.05) is 24.3 Å². The van der Waals surface area contributed by atoms with Gasteiger partial charge in [0.2, 0.25) is 0 Å². The van der Waals surface area contributed by atoms with Crippen LogP contribution in [0.1, 0.15) is 55.6 Å². The van der Waals surface area contributed by atoms with E-state index in [1.54, 1.807) is 12.1 Å². The molecule has 1 aliphatic heterocycles. The highest BCUT2D eigenvalue weighted by Crippen LogP contribution is 2.68. The molecule has 0 radical (unpaired) electrons. The van der Waals surface area contributed by atoms with Gasteiger partial charge in [0.25, 0.3) is 0 Å². The Morgan fingerprint density at radius 3 is 2.83 bits per heavy atom. The van der Waals surface area contributed by atoms with Gasteiger partial charge in [-0.2, -0.15) is 0 Å². The van der Waals surface area contributed by atoms with Crippen LogP contribution in [0.15, 0.2) is 28.4 Å². The molecular formula is C22H24O7. The normalized spacial score (nSPS) is 42.8. The molecule has 7 heteroatoms. The summed E-state index contributed by atoms with van der Waals surface area (Å²) in [6, 6.07) is 1.65. The first kappa shape index (κ1) is 18.6. The molecule has 0 unspecified atom stereocenters. The Balaban J connectivity index is 1.77. The van der Waals surface area contributed by atoms with E-state index in [1.165, 1.54) is 13.2 Å². The molecule has 4 aliphatic rings. The Kier molecular flexibility index (Phi) is 3.73. The lowest BCUT2D eigenvalue weighted by molar-refractivity contribution is -0.176. The molecule has 1 N–H and O–H groups in total. The Hall–Kier alpha value is -2.41. The summed E-state index contributed by atoms with van der Waals surface area (Å²) in [5.41, 5.74) is -0.449. The summed E-state index contributed by atoms with van der Waals surface area (Å²) < 4.78 is 16.9. The summed E-state index contributed by atoms with van der Waals surface area (Å²) in [7, 11) is 0. The zero-order valence-electron chi connectivity index (χ0n) is 16.6. The second-order valence-electron chi connectivity index (χ2n) is 9.25. The number of ether oxygens (including phenoxy) is 2. The van der Waals surface area contributed by atoms with Crippen molar-refractivity contribution in [2.75, 3.05) is 6.61 Å². The first-order valence-corrected chi connectivity index (χ1v) is 10.0. The van der Waals surface area contributed by atoms with E-state index < -0.39 is 40.9 Å². The Labute approximate surface area is 168 Å². The number of carbonyl (C=O) groups is 3. The zero-order chi connectivity index (χ0) is 20.7. The smallest absolute Gasteiger partial charge is 0.334 e. The number of furan rings is 1. The summed E-state index contributed by atoms with van der Waals surface area (Å²) in [5.74, 6) is -1.32. The van der Waals surface area contributed by atoms with Gasteiger partial charge in [-0.15, -0.1) is 0 Å². The molecule has 1 spiro atoms. The number of carbonyl (C=O) groups excluding carboxylic acids is 3. The predicted molar refractivity (Wildman–Crippen MR) is 98.8 cm³/mol. The number of aliphatic hydroxyl groups excluding tert-OH is 1. The van der Waals surface area contributed by atoms with E-state index >= 15 is 0 Å². The van der Waals surface area contributed by atoms with Crippen molar-refractivity contribution in [1.82, 2.24) is 0 Å². The number of esters is 2. The van der Waals surface area contributed by atoms with E-state index in [-0.39, 0.29) is 30.6 Å². The highest BCUT2D eigenvalue weighted by Gasteiger charge is 2.69. The first-order valence-electron chi connectivity index (χ1n) is 10.0. The van der Waals surface area contributed by atoms with Gasteiger partial charge in [-0.1, -0.05) is 13.8 Å². The van der Waals surface area contributed by atoms with Crippen LogP contribution >= 0.6 is 0 Å². The molecule has 1 saturated heterocycles. The monoisotopic (exact) mass is 400 g/mol. The van der Waals surface area contributed by atoms with E-state index in [0.717, 1.165) is 0 Å². The van der Waals surface area contributed by atoms with E-state index in [2.05, 4.69) is 0 Å². The number of cyclic esters (lactones) is 1. The number of hydrogen-bond acceptors (Lipinski definition) is 7. The zero-order valence-corrected chi connectivity index (χ0v) is 16.6. The first-order chi connectivity index (χ1) is 13.7. The highest BCUT2D eigenvalue weighted by molar-refractivity contribution is 5.99. The number of aliphatic hydroxyl groups is 1. The summed E-state index contributed by atoms with van der Waals surface area (Å²) in [6.45, 7) is 5.51. The van der Waals surface area contributed by atoms with Crippen molar-refractivity contribution >= 4 is 17.7 Å². The molecule has 7 nitrogen and oxygen atoms in total. The minimum absolute atomic E-state index is 0.0601. The quantitative estimate of drug-likeness (QED) is 0.722. The number of fused-ring (bicyclic) bond motifs is 2.